The van der Waals surface area contributed by atoms with Gasteiger partial charge >= 0.3 is 0 Å². The van der Waals surface area contributed by atoms with Gasteiger partial charge in [0.15, 0.2) is 6.20 Å². The molecule has 0 saturated carbocycles. The van der Waals surface area contributed by atoms with Crippen LogP contribution in [-0.2, 0) is 7.05 Å². The molecule has 0 unspecified atom stereocenters. The molecule has 0 amide bonds. The number of hydrogen-bond acceptors (Lipinski definition) is 1. The molecule has 0 aliphatic rings. The highest BCUT2D eigenvalue weighted by atomic mass is 19.1. The summed E-state index contributed by atoms with van der Waals surface area (Å²) < 4.78 is 21.7. The Labute approximate surface area is 133 Å². The molecule has 0 aliphatic carbocycles. The van der Waals surface area contributed by atoms with Crippen LogP contribution in [0, 0.1) is 19.7 Å². The van der Waals surface area contributed by atoms with Gasteiger partial charge in [0, 0.05) is 29.0 Å². The SMILES string of the molecule is Cc1cc(C)c2c(oc3cc(F)ccc32)c1-c1cccc[n+]1C. The van der Waals surface area contributed by atoms with Gasteiger partial charge in [-0.15, -0.1) is 0 Å². The third-order valence-corrected chi connectivity index (χ3v) is 4.41. The van der Waals surface area contributed by atoms with Crippen molar-refractivity contribution in [1.29, 1.82) is 0 Å². The van der Waals surface area contributed by atoms with Gasteiger partial charge < -0.3 is 4.42 Å². The summed E-state index contributed by atoms with van der Waals surface area (Å²) in [7, 11) is 2.02. The van der Waals surface area contributed by atoms with E-state index >= 15 is 0 Å². The summed E-state index contributed by atoms with van der Waals surface area (Å²) in [6, 6.07) is 13.0. The van der Waals surface area contributed by atoms with Crippen LogP contribution in [0.4, 0.5) is 4.39 Å². The van der Waals surface area contributed by atoms with Gasteiger partial charge in [-0.2, -0.15) is 0 Å². The predicted molar refractivity (Wildman–Crippen MR) is 89.8 cm³/mol. The van der Waals surface area contributed by atoms with E-state index in [1.807, 2.05) is 25.4 Å². The van der Waals surface area contributed by atoms with Gasteiger partial charge in [0.25, 0.3) is 0 Å². The third-order valence-electron chi connectivity index (χ3n) is 4.41. The second-order valence-corrected chi connectivity index (χ2v) is 6.03. The lowest BCUT2D eigenvalue weighted by Crippen LogP contribution is -2.30. The molecule has 4 rings (SSSR count). The first-order valence-electron chi connectivity index (χ1n) is 7.63. The Morgan fingerprint density at radius 1 is 1.00 bits per heavy atom. The second kappa shape index (κ2) is 4.92. The van der Waals surface area contributed by atoms with Crippen molar-refractivity contribution in [2.45, 2.75) is 13.8 Å². The zero-order valence-electron chi connectivity index (χ0n) is 13.4. The van der Waals surface area contributed by atoms with Crippen LogP contribution < -0.4 is 4.57 Å². The molecule has 0 radical (unpaired) electrons. The highest BCUT2D eigenvalue weighted by Gasteiger charge is 2.21. The summed E-state index contributed by atoms with van der Waals surface area (Å²) in [6.45, 7) is 4.16. The molecule has 0 saturated heterocycles. The van der Waals surface area contributed by atoms with Crippen LogP contribution >= 0.6 is 0 Å². The second-order valence-electron chi connectivity index (χ2n) is 6.03. The number of hydrogen-bond donors (Lipinski definition) is 0. The molecule has 2 aromatic carbocycles. The van der Waals surface area contributed by atoms with E-state index in [1.165, 1.54) is 12.1 Å². The molecule has 0 bridgehead atoms. The predicted octanol–water partition coefficient (Wildman–Crippen LogP) is 4.83. The first-order chi connectivity index (χ1) is 11.1. The average Bonchev–Trinajstić information content (AvgIpc) is 2.87. The third kappa shape index (κ3) is 2.04. The van der Waals surface area contributed by atoms with Crippen molar-refractivity contribution in [3.63, 3.8) is 0 Å². The summed E-state index contributed by atoms with van der Waals surface area (Å²) in [6.07, 6.45) is 2.02. The highest BCUT2D eigenvalue weighted by Crippen LogP contribution is 2.38. The Hall–Kier alpha value is -2.68. The van der Waals surface area contributed by atoms with Gasteiger partial charge in [-0.05, 0) is 43.2 Å². The number of benzene rings is 2. The molecule has 0 aliphatic heterocycles. The summed E-state index contributed by atoms with van der Waals surface area (Å²) in [4.78, 5) is 0. The van der Waals surface area contributed by atoms with Gasteiger partial charge in [0.1, 0.15) is 24.0 Å². The quantitative estimate of drug-likeness (QED) is 0.460. The van der Waals surface area contributed by atoms with Crippen LogP contribution in [0.2, 0.25) is 0 Å². The molecular formula is C20H17FNO+. The number of halogens is 1. The number of fused-ring (bicyclic) bond motifs is 3. The van der Waals surface area contributed by atoms with E-state index < -0.39 is 0 Å². The molecule has 0 atom stereocenters. The average molecular weight is 306 g/mol. The van der Waals surface area contributed by atoms with Gasteiger partial charge in [-0.3, -0.25) is 0 Å². The van der Waals surface area contributed by atoms with E-state index in [2.05, 4.69) is 30.5 Å². The summed E-state index contributed by atoms with van der Waals surface area (Å²) in [5, 5.41) is 2.02. The molecule has 0 spiro atoms. The molecular weight excluding hydrogens is 289 g/mol. The normalized spacial score (nSPS) is 11.5. The number of pyridine rings is 1. The Bertz CT molecular complexity index is 1060. The van der Waals surface area contributed by atoms with Crippen LogP contribution in [0.15, 0.2) is 53.1 Å². The van der Waals surface area contributed by atoms with Crippen LogP contribution in [0.3, 0.4) is 0 Å². The Kier molecular flexibility index (Phi) is 2.98. The van der Waals surface area contributed by atoms with E-state index in [0.717, 1.165) is 38.7 Å². The topological polar surface area (TPSA) is 17.0 Å². The van der Waals surface area contributed by atoms with Gasteiger partial charge in [-0.25, -0.2) is 8.96 Å². The van der Waals surface area contributed by atoms with Crippen molar-refractivity contribution in [3.8, 4) is 11.3 Å². The maximum Gasteiger partial charge on any atom is 0.216 e. The lowest BCUT2D eigenvalue weighted by atomic mass is 9.97. The fourth-order valence-corrected chi connectivity index (χ4v) is 3.39. The summed E-state index contributed by atoms with van der Waals surface area (Å²) >= 11 is 0. The molecule has 0 N–H and O–H groups in total. The summed E-state index contributed by atoms with van der Waals surface area (Å²) in [5.41, 5.74) is 5.85. The first kappa shape index (κ1) is 13.9. The summed E-state index contributed by atoms with van der Waals surface area (Å²) in [5.74, 6) is -0.280. The number of rotatable bonds is 1. The molecule has 4 aromatic rings. The van der Waals surface area contributed by atoms with Crippen LogP contribution in [0.1, 0.15) is 11.1 Å². The van der Waals surface area contributed by atoms with Gasteiger partial charge in [0.05, 0.1) is 5.56 Å². The molecule has 3 heteroatoms. The van der Waals surface area contributed by atoms with E-state index in [0.29, 0.717) is 5.58 Å². The van der Waals surface area contributed by atoms with E-state index in [4.69, 9.17) is 4.42 Å². The molecule has 2 heterocycles. The van der Waals surface area contributed by atoms with E-state index in [-0.39, 0.29) is 5.82 Å². The van der Waals surface area contributed by atoms with Crippen molar-refractivity contribution in [3.05, 3.63) is 65.6 Å². The van der Waals surface area contributed by atoms with Gasteiger partial charge in [0.2, 0.25) is 5.69 Å². The van der Waals surface area contributed by atoms with E-state index in [1.54, 1.807) is 6.07 Å². The smallest absolute Gasteiger partial charge is 0.216 e. The van der Waals surface area contributed by atoms with Crippen molar-refractivity contribution in [2.24, 2.45) is 7.05 Å². The number of aromatic nitrogens is 1. The maximum atomic E-state index is 13.6. The zero-order chi connectivity index (χ0) is 16.1. The Morgan fingerprint density at radius 3 is 2.61 bits per heavy atom. The molecule has 2 nitrogen and oxygen atoms in total. The molecule has 2 aromatic heterocycles. The number of furan rings is 1. The van der Waals surface area contributed by atoms with Crippen molar-refractivity contribution in [1.82, 2.24) is 0 Å². The van der Waals surface area contributed by atoms with Crippen LogP contribution in [-0.4, -0.2) is 0 Å². The van der Waals surface area contributed by atoms with Crippen LogP contribution in [0.25, 0.3) is 33.2 Å². The van der Waals surface area contributed by atoms with Gasteiger partial charge in [-0.1, -0.05) is 6.07 Å². The van der Waals surface area contributed by atoms with Crippen molar-refractivity contribution in [2.75, 3.05) is 0 Å². The standard InChI is InChI=1S/C20H17FNO/c1-12-10-13(2)19(16-6-4-5-9-22(16)3)20-18(12)15-8-7-14(21)11-17(15)23-20/h4-11H,1-3H3/q+1. The maximum absolute atomic E-state index is 13.6. The minimum atomic E-state index is -0.280. The first-order valence-corrected chi connectivity index (χ1v) is 7.63. The largest absolute Gasteiger partial charge is 0.455 e. The number of nitrogens with zero attached hydrogens (tertiary/aromatic N) is 1. The lowest BCUT2D eigenvalue weighted by Gasteiger charge is -2.07. The number of aryl methyl sites for hydroxylation is 3. The van der Waals surface area contributed by atoms with Crippen molar-refractivity contribution >= 4 is 21.9 Å². The fourth-order valence-electron chi connectivity index (χ4n) is 3.39. The zero-order valence-corrected chi connectivity index (χ0v) is 13.4. The van der Waals surface area contributed by atoms with Crippen LogP contribution in [0.5, 0.6) is 0 Å². The minimum Gasteiger partial charge on any atom is -0.455 e. The lowest BCUT2D eigenvalue weighted by molar-refractivity contribution is -0.660. The van der Waals surface area contributed by atoms with E-state index in [9.17, 15) is 4.39 Å². The monoisotopic (exact) mass is 306 g/mol. The highest BCUT2D eigenvalue weighted by molar-refractivity contribution is 6.11. The fraction of sp³-hybridized carbons (Fsp3) is 0.150. The minimum absolute atomic E-state index is 0.280. The molecule has 0 fully saturated rings. The Balaban J connectivity index is 2.20. The molecule has 23 heavy (non-hydrogen) atoms. The Morgan fingerprint density at radius 2 is 1.83 bits per heavy atom. The van der Waals surface area contributed by atoms with Crippen molar-refractivity contribution < 1.29 is 13.4 Å². The molecule has 114 valence electrons.